The van der Waals surface area contributed by atoms with Crippen molar-refractivity contribution in [2.45, 2.75) is 0 Å². The van der Waals surface area contributed by atoms with Crippen LogP contribution in [0.5, 0.6) is 0 Å². The zero-order chi connectivity index (χ0) is 11.4. The maximum atomic E-state index is 11.0. The Hall–Kier alpha value is -1.83. The van der Waals surface area contributed by atoms with Crippen molar-refractivity contribution in [1.82, 2.24) is 10.6 Å². The van der Waals surface area contributed by atoms with Gasteiger partial charge in [0.15, 0.2) is 0 Å². The summed E-state index contributed by atoms with van der Waals surface area (Å²) in [5, 5.41) is 11.7. The Labute approximate surface area is 87.9 Å². The fourth-order valence-corrected chi connectivity index (χ4v) is 1.41. The maximum absolute atomic E-state index is 11.0. The van der Waals surface area contributed by atoms with Crippen LogP contribution in [0, 0.1) is 0 Å². The zero-order valence-electron chi connectivity index (χ0n) is 7.27. The van der Waals surface area contributed by atoms with Gasteiger partial charge in [0.05, 0.1) is 4.91 Å². The molecule has 80 valence electrons. The SMILES string of the molecule is O=C(O)CNC(=O)C=C1SC(=O)NC1=O. The van der Waals surface area contributed by atoms with E-state index in [-0.39, 0.29) is 4.91 Å². The molecule has 0 radical (unpaired) electrons. The third kappa shape index (κ3) is 3.43. The second kappa shape index (κ2) is 4.60. The highest BCUT2D eigenvalue weighted by molar-refractivity contribution is 8.18. The number of carbonyl (C=O) groups is 4. The molecule has 3 N–H and O–H groups in total. The first kappa shape index (κ1) is 11.2. The van der Waals surface area contributed by atoms with Gasteiger partial charge in [-0.15, -0.1) is 0 Å². The lowest BCUT2D eigenvalue weighted by Gasteiger charge is -1.96. The van der Waals surface area contributed by atoms with E-state index in [0.717, 1.165) is 6.08 Å². The van der Waals surface area contributed by atoms with Crippen LogP contribution in [0.2, 0.25) is 0 Å². The lowest BCUT2D eigenvalue weighted by atomic mass is 10.4. The fraction of sp³-hybridized carbons (Fsp3) is 0.143. The Morgan fingerprint density at radius 1 is 1.47 bits per heavy atom. The highest BCUT2D eigenvalue weighted by Gasteiger charge is 2.25. The van der Waals surface area contributed by atoms with Crippen molar-refractivity contribution in [2.24, 2.45) is 0 Å². The molecule has 0 aromatic carbocycles. The monoisotopic (exact) mass is 230 g/mol. The molecule has 1 aliphatic heterocycles. The van der Waals surface area contributed by atoms with Crippen LogP contribution in [0.15, 0.2) is 11.0 Å². The van der Waals surface area contributed by atoms with Crippen LogP contribution >= 0.6 is 11.8 Å². The molecule has 7 nitrogen and oxygen atoms in total. The summed E-state index contributed by atoms with van der Waals surface area (Å²) in [4.78, 5) is 42.6. The van der Waals surface area contributed by atoms with E-state index in [1.54, 1.807) is 0 Å². The van der Waals surface area contributed by atoms with Crippen LogP contribution in [-0.2, 0) is 14.4 Å². The molecular formula is C7H6N2O5S. The molecule has 3 amide bonds. The third-order valence-electron chi connectivity index (χ3n) is 1.32. The van der Waals surface area contributed by atoms with Gasteiger partial charge in [0.1, 0.15) is 6.54 Å². The van der Waals surface area contributed by atoms with E-state index >= 15 is 0 Å². The molecule has 1 heterocycles. The van der Waals surface area contributed by atoms with Gasteiger partial charge in [-0.3, -0.25) is 24.5 Å². The predicted molar refractivity (Wildman–Crippen MR) is 49.9 cm³/mol. The van der Waals surface area contributed by atoms with E-state index in [0.29, 0.717) is 11.8 Å². The maximum Gasteiger partial charge on any atom is 0.322 e. The van der Waals surface area contributed by atoms with Gasteiger partial charge >= 0.3 is 5.97 Å². The second-order valence-corrected chi connectivity index (χ2v) is 3.48. The van der Waals surface area contributed by atoms with Crippen molar-refractivity contribution in [2.75, 3.05) is 6.54 Å². The van der Waals surface area contributed by atoms with E-state index in [4.69, 9.17) is 5.11 Å². The zero-order valence-corrected chi connectivity index (χ0v) is 8.09. The standard InChI is InChI=1S/C7H6N2O5S/c10-4(8-2-5(11)12)1-3-6(13)9-7(14)15-3/h1H,2H2,(H,8,10)(H,11,12)(H,9,13,14). The first-order valence-electron chi connectivity index (χ1n) is 3.73. The quantitative estimate of drug-likeness (QED) is 0.539. The van der Waals surface area contributed by atoms with E-state index in [1.165, 1.54) is 0 Å². The first-order chi connectivity index (χ1) is 6.99. The number of rotatable bonds is 3. The molecule has 1 aliphatic rings. The summed E-state index contributed by atoms with van der Waals surface area (Å²) in [5.41, 5.74) is 0. The average molecular weight is 230 g/mol. The smallest absolute Gasteiger partial charge is 0.322 e. The number of hydrogen-bond donors (Lipinski definition) is 3. The molecule has 0 bridgehead atoms. The van der Waals surface area contributed by atoms with Crippen LogP contribution < -0.4 is 10.6 Å². The topological polar surface area (TPSA) is 113 Å². The highest BCUT2D eigenvalue weighted by atomic mass is 32.2. The average Bonchev–Trinajstić information content (AvgIpc) is 2.42. The Morgan fingerprint density at radius 2 is 2.13 bits per heavy atom. The number of carboxylic acid groups (broad SMARTS) is 1. The van der Waals surface area contributed by atoms with Gasteiger partial charge in [-0.25, -0.2) is 0 Å². The van der Waals surface area contributed by atoms with E-state index in [2.05, 4.69) is 0 Å². The number of hydrogen-bond acceptors (Lipinski definition) is 5. The Bertz CT molecular complexity index is 376. The van der Waals surface area contributed by atoms with Gasteiger partial charge in [0, 0.05) is 6.08 Å². The van der Waals surface area contributed by atoms with Crippen molar-refractivity contribution >= 4 is 34.8 Å². The van der Waals surface area contributed by atoms with Crippen molar-refractivity contribution in [1.29, 1.82) is 0 Å². The minimum Gasteiger partial charge on any atom is -0.480 e. The lowest BCUT2D eigenvalue weighted by molar-refractivity contribution is -0.137. The van der Waals surface area contributed by atoms with Gasteiger partial charge in [0.2, 0.25) is 5.91 Å². The molecule has 0 spiro atoms. The molecule has 15 heavy (non-hydrogen) atoms. The molecule has 8 heteroatoms. The van der Waals surface area contributed by atoms with Crippen LogP contribution in [-0.4, -0.2) is 34.7 Å². The number of imide groups is 1. The normalized spacial score (nSPS) is 17.7. The van der Waals surface area contributed by atoms with Crippen molar-refractivity contribution in [3.8, 4) is 0 Å². The second-order valence-electron chi connectivity index (χ2n) is 2.46. The summed E-state index contributed by atoms with van der Waals surface area (Å²) in [6.45, 7) is -0.539. The van der Waals surface area contributed by atoms with Crippen molar-refractivity contribution in [3.63, 3.8) is 0 Å². The van der Waals surface area contributed by atoms with Crippen molar-refractivity contribution in [3.05, 3.63) is 11.0 Å². The van der Waals surface area contributed by atoms with Gasteiger partial charge in [-0.1, -0.05) is 0 Å². The van der Waals surface area contributed by atoms with Crippen LogP contribution in [0.4, 0.5) is 4.79 Å². The molecule has 0 aromatic rings. The molecule has 0 unspecified atom stereocenters. The Morgan fingerprint density at radius 3 is 2.60 bits per heavy atom. The minimum atomic E-state index is -1.19. The number of thioether (sulfide) groups is 1. The number of aliphatic carboxylic acids is 1. The summed E-state index contributed by atoms with van der Waals surface area (Å²) < 4.78 is 0. The Kier molecular flexibility index (Phi) is 3.45. The molecule has 1 fully saturated rings. The molecule has 1 rings (SSSR count). The number of nitrogens with one attached hydrogen (secondary N) is 2. The van der Waals surface area contributed by atoms with Crippen LogP contribution in [0.25, 0.3) is 0 Å². The van der Waals surface area contributed by atoms with Crippen molar-refractivity contribution < 1.29 is 24.3 Å². The first-order valence-corrected chi connectivity index (χ1v) is 4.55. The van der Waals surface area contributed by atoms with Gasteiger partial charge in [-0.2, -0.15) is 0 Å². The minimum absolute atomic E-state index is 0.0529. The number of carbonyl (C=O) groups excluding carboxylic acids is 3. The predicted octanol–water partition coefficient (Wildman–Crippen LogP) is -0.946. The number of amides is 3. The summed E-state index contributed by atoms with van der Waals surface area (Å²) in [7, 11) is 0. The Balaban J connectivity index is 2.55. The molecule has 0 atom stereocenters. The van der Waals surface area contributed by atoms with Gasteiger partial charge in [-0.05, 0) is 11.8 Å². The molecule has 1 saturated heterocycles. The third-order valence-corrected chi connectivity index (χ3v) is 2.13. The molecule has 0 aliphatic carbocycles. The fourth-order valence-electron chi connectivity index (χ4n) is 0.754. The van der Waals surface area contributed by atoms with E-state index in [1.807, 2.05) is 10.6 Å². The van der Waals surface area contributed by atoms with Gasteiger partial charge < -0.3 is 10.4 Å². The van der Waals surface area contributed by atoms with Gasteiger partial charge in [0.25, 0.3) is 11.1 Å². The summed E-state index contributed by atoms with van der Waals surface area (Å²) in [6.07, 6.45) is 0.883. The van der Waals surface area contributed by atoms with Crippen LogP contribution in [0.1, 0.15) is 0 Å². The lowest BCUT2D eigenvalue weighted by Crippen LogP contribution is -2.28. The van der Waals surface area contributed by atoms with E-state index in [9.17, 15) is 19.2 Å². The summed E-state index contributed by atoms with van der Waals surface area (Å²) in [5.74, 6) is -2.58. The van der Waals surface area contributed by atoms with Crippen LogP contribution in [0.3, 0.4) is 0 Å². The number of carboxylic acids is 1. The van der Waals surface area contributed by atoms with E-state index < -0.39 is 29.6 Å². The highest BCUT2D eigenvalue weighted by Crippen LogP contribution is 2.22. The summed E-state index contributed by atoms with van der Waals surface area (Å²) >= 11 is 0.590. The summed E-state index contributed by atoms with van der Waals surface area (Å²) in [6, 6.07) is 0. The largest absolute Gasteiger partial charge is 0.480 e. The molecular weight excluding hydrogens is 224 g/mol. The molecule has 0 saturated carbocycles. The molecule has 0 aromatic heterocycles.